The van der Waals surface area contributed by atoms with E-state index in [0.29, 0.717) is 0 Å². The molecule has 1 aromatic rings. The summed E-state index contributed by atoms with van der Waals surface area (Å²) in [4.78, 5) is 13.4. The fourth-order valence-electron chi connectivity index (χ4n) is 3.00. The Morgan fingerprint density at radius 3 is 2.62 bits per heavy atom. The molecule has 0 aromatic heterocycles. The number of aliphatic hydroxyl groups excluding tert-OH is 1. The summed E-state index contributed by atoms with van der Waals surface area (Å²) >= 11 is 0. The molecule has 1 aliphatic carbocycles. The topological polar surface area (TPSA) is 61.8 Å². The number of carbonyl (C=O) groups excluding carboxylic acids is 1. The lowest BCUT2D eigenvalue weighted by atomic mass is 9.96. The second-order valence-electron chi connectivity index (χ2n) is 6.62. The molecule has 0 saturated heterocycles. The number of nitrogens with zero attached hydrogens (tertiary/aromatic N) is 1. The van der Waals surface area contributed by atoms with Crippen LogP contribution in [-0.4, -0.2) is 48.4 Å². The van der Waals surface area contributed by atoms with Crippen molar-refractivity contribution in [2.75, 3.05) is 20.2 Å². The Hall–Kier alpha value is -1.96. The Bertz CT molecular complexity index is 589. The molecule has 1 aliphatic rings. The van der Waals surface area contributed by atoms with Gasteiger partial charge in [0.05, 0.1) is 12.1 Å². The van der Waals surface area contributed by atoms with E-state index < -0.39 is 17.8 Å². The number of hydrogen-bond acceptors (Lipinski definition) is 3. The standard InChI is InChI=1S/C18H25F3N2O3/c1-23(17(25)22-13-7-3-2-4-8-13)11-14(24)12-26-16-10-6-5-9-15(16)18(19,20)21/h5-6,9-10,13-14,24H,2-4,7-8,11-12H2,1H3,(H,22,25)/t14-/m1/s1. The van der Waals surface area contributed by atoms with Gasteiger partial charge in [-0.1, -0.05) is 31.4 Å². The highest BCUT2D eigenvalue weighted by Crippen LogP contribution is 2.35. The molecular formula is C18H25F3N2O3. The summed E-state index contributed by atoms with van der Waals surface area (Å²) in [5.41, 5.74) is -0.893. The van der Waals surface area contributed by atoms with Crippen LogP contribution in [0.15, 0.2) is 24.3 Å². The molecule has 0 spiro atoms. The molecule has 1 aromatic carbocycles. The van der Waals surface area contributed by atoms with E-state index in [1.165, 1.54) is 36.6 Å². The Labute approximate surface area is 151 Å². The molecule has 0 aliphatic heterocycles. The van der Waals surface area contributed by atoms with E-state index in [-0.39, 0.29) is 31.0 Å². The number of nitrogens with one attached hydrogen (secondary N) is 1. The van der Waals surface area contributed by atoms with Gasteiger partial charge in [-0.05, 0) is 25.0 Å². The van der Waals surface area contributed by atoms with Crippen LogP contribution in [-0.2, 0) is 6.18 Å². The fourth-order valence-corrected chi connectivity index (χ4v) is 3.00. The number of para-hydroxylation sites is 1. The smallest absolute Gasteiger partial charge is 0.419 e. The second-order valence-corrected chi connectivity index (χ2v) is 6.62. The number of rotatable bonds is 6. The molecule has 2 amide bonds. The predicted octanol–water partition coefficient (Wildman–Crippen LogP) is 3.42. The number of hydrogen-bond donors (Lipinski definition) is 2. The Kier molecular flexibility index (Phi) is 7.14. The first kappa shape index (κ1) is 20.4. The number of benzene rings is 1. The number of aliphatic hydroxyl groups is 1. The van der Waals surface area contributed by atoms with Crippen molar-refractivity contribution in [3.05, 3.63) is 29.8 Å². The average molecular weight is 374 g/mol. The van der Waals surface area contributed by atoms with Crippen molar-refractivity contribution in [2.24, 2.45) is 0 Å². The van der Waals surface area contributed by atoms with Gasteiger partial charge < -0.3 is 20.1 Å². The van der Waals surface area contributed by atoms with Crippen LogP contribution in [0, 0.1) is 0 Å². The van der Waals surface area contributed by atoms with Gasteiger partial charge in [-0.15, -0.1) is 0 Å². The number of amides is 2. The van der Waals surface area contributed by atoms with Crippen LogP contribution >= 0.6 is 0 Å². The number of urea groups is 1. The van der Waals surface area contributed by atoms with Crippen LogP contribution in [0.4, 0.5) is 18.0 Å². The second kappa shape index (κ2) is 9.12. The Balaban J connectivity index is 1.81. The quantitative estimate of drug-likeness (QED) is 0.802. The predicted molar refractivity (Wildman–Crippen MR) is 91.0 cm³/mol. The summed E-state index contributed by atoms with van der Waals surface area (Å²) in [5, 5.41) is 12.9. The number of ether oxygens (including phenoxy) is 1. The van der Waals surface area contributed by atoms with Crippen molar-refractivity contribution in [3.8, 4) is 5.75 Å². The molecule has 0 radical (unpaired) electrons. The molecule has 0 bridgehead atoms. The summed E-state index contributed by atoms with van der Waals surface area (Å²) in [6, 6.07) is 4.67. The van der Waals surface area contributed by atoms with E-state index in [9.17, 15) is 23.1 Å². The zero-order valence-electron chi connectivity index (χ0n) is 14.8. The van der Waals surface area contributed by atoms with Gasteiger partial charge >= 0.3 is 12.2 Å². The first-order valence-electron chi connectivity index (χ1n) is 8.76. The molecule has 146 valence electrons. The number of halogens is 3. The van der Waals surface area contributed by atoms with Gasteiger partial charge in [-0.25, -0.2) is 4.79 Å². The van der Waals surface area contributed by atoms with E-state index >= 15 is 0 Å². The minimum absolute atomic E-state index is 0.0350. The maximum Gasteiger partial charge on any atom is 0.419 e. The third-order valence-electron chi connectivity index (χ3n) is 4.39. The van der Waals surface area contributed by atoms with Gasteiger partial charge in [0.25, 0.3) is 0 Å². The van der Waals surface area contributed by atoms with Crippen LogP contribution in [0.5, 0.6) is 5.75 Å². The molecule has 8 heteroatoms. The van der Waals surface area contributed by atoms with Crippen molar-refractivity contribution in [1.82, 2.24) is 10.2 Å². The van der Waals surface area contributed by atoms with E-state index in [0.717, 1.165) is 31.7 Å². The summed E-state index contributed by atoms with van der Waals surface area (Å²) in [6.07, 6.45) is -0.388. The largest absolute Gasteiger partial charge is 0.490 e. The van der Waals surface area contributed by atoms with Gasteiger partial charge in [0, 0.05) is 13.1 Å². The third kappa shape index (κ3) is 6.09. The first-order valence-corrected chi connectivity index (χ1v) is 8.76. The maximum absolute atomic E-state index is 12.9. The molecule has 5 nitrogen and oxygen atoms in total. The minimum Gasteiger partial charge on any atom is -0.490 e. The van der Waals surface area contributed by atoms with Gasteiger partial charge in [-0.3, -0.25) is 0 Å². The molecule has 1 atom stereocenters. The molecule has 0 heterocycles. The zero-order valence-corrected chi connectivity index (χ0v) is 14.8. The average Bonchev–Trinajstić information content (AvgIpc) is 2.60. The van der Waals surface area contributed by atoms with E-state index in [4.69, 9.17) is 4.74 Å². The molecular weight excluding hydrogens is 349 g/mol. The lowest BCUT2D eigenvalue weighted by Crippen LogP contribution is -2.46. The maximum atomic E-state index is 12.9. The van der Waals surface area contributed by atoms with Crippen molar-refractivity contribution in [3.63, 3.8) is 0 Å². The fraction of sp³-hybridized carbons (Fsp3) is 0.611. The number of carbonyl (C=O) groups is 1. The van der Waals surface area contributed by atoms with Crippen LogP contribution in [0.1, 0.15) is 37.7 Å². The van der Waals surface area contributed by atoms with E-state index in [2.05, 4.69) is 5.32 Å². The monoisotopic (exact) mass is 374 g/mol. The van der Waals surface area contributed by atoms with Crippen molar-refractivity contribution in [2.45, 2.75) is 50.4 Å². The van der Waals surface area contributed by atoms with Crippen LogP contribution < -0.4 is 10.1 Å². The first-order chi connectivity index (χ1) is 12.3. The lowest BCUT2D eigenvalue weighted by Gasteiger charge is -2.27. The van der Waals surface area contributed by atoms with Gasteiger partial charge in [0.2, 0.25) is 0 Å². The molecule has 2 N–H and O–H groups in total. The normalized spacial score (nSPS) is 16.8. The molecule has 26 heavy (non-hydrogen) atoms. The summed E-state index contributed by atoms with van der Waals surface area (Å²) in [5.74, 6) is -0.339. The minimum atomic E-state index is -4.53. The number of likely N-dealkylation sites (N-methyl/N-ethyl adjacent to an activating group) is 1. The van der Waals surface area contributed by atoms with Crippen molar-refractivity contribution >= 4 is 6.03 Å². The van der Waals surface area contributed by atoms with Crippen LogP contribution in [0.25, 0.3) is 0 Å². The SMILES string of the molecule is CN(C[C@@H](O)COc1ccccc1C(F)(F)F)C(=O)NC1CCCCC1. The zero-order chi connectivity index (χ0) is 19.2. The van der Waals surface area contributed by atoms with Crippen molar-refractivity contribution < 1.29 is 27.8 Å². The van der Waals surface area contributed by atoms with E-state index in [1.54, 1.807) is 0 Å². The molecule has 1 saturated carbocycles. The van der Waals surface area contributed by atoms with Gasteiger partial charge in [0.1, 0.15) is 18.5 Å². The Morgan fingerprint density at radius 1 is 1.31 bits per heavy atom. The van der Waals surface area contributed by atoms with Crippen LogP contribution in [0.2, 0.25) is 0 Å². The van der Waals surface area contributed by atoms with Gasteiger partial charge in [-0.2, -0.15) is 13.2 Å². The number of alkyl halides is 3. The molecule has 2 rings (SSSR count). The molecule has 0 unspecified atom stereocenters. The van der Waals surface area contributed by atoms with Gasteiger partial charge in [0.15, 0.2) is 0 Å². The van der Waals surface area contributed by atoms with Crippen molar-refractivity contribution in [1.29, 1.82) is 0 Å². The summed E-state index contributed by atoms with van der Waals surface area (Å²) in [7, 11) is 1.53. The Morgan fingerprint density at radius 2 is 1.96 bits per heavy atom. The third-order valence-corrected chi connectivity index (χ3v) is 4.39. The highest BCUT2D eigenvalue weighted by molar-refractivity contribution is 5.74. The summed E-state index contributed by atoms with van der Waals surface area (Å²) in [6.45, 7) is -0.374. The summed E-state index contributed by atoms with van der Waals surface area (Å²) < 4.78 is 43.9. The van der Waals surface area contributed by atoms with Crippen LogP contribution in [0.3, 0.4) is 0 Å². The van der Waals surface area contributed by atoms with E-state index in [1.807, 2.05) is 0 Å². The highest BCUT2D eigenvalue weighted by Gasteiger charge is 2.34. The lowest BCUT2D eigenvalue weighted by molar-refractivity contribution is -0.139. The molecule has 1 fully saturated rings. The highest BCUT2D eigenvalue weighted by atomic mass is 19.4.